The molecule has 4 nitrogen and oxygen atoms in total. The maximum absolute atomic E-state index is 13.7. The molecule has 1 fully saturated rings. The van der Waals surface area contributed by atoms with Gasteiger partial charge in [0, 0.05) is 19.1 Å². The van der Waals surface area contributed by atoms with Crippen molar-refractivity contribution in [1.29, 1.82) is 0 Å². The molecule has 0 aliphatic carbocycles. The molecule has 1 amide bonds. The Kier molecular flexibility index (Phi) is 4.93. The summed E-state index contributed by atoms with van der Waals surface area (Å²) in [5.74, 6) is -0.654. The van der Waals surface area contributed by atoms with Gasteiger partial charge in [-0.3, -0.25) is 4.79 Å². The van der Waals surface area contributed by atoms with Crippen molar-refractivity contribution in [3.8, 4) is 5.75 Å². The van der Waals surface area contributed by atoms with Crippen LogP contribution >= 0.6 is 12.4 Å². The number of methoxy groups -OCH3 is 1. The fourth-order valence-electron chi connectivity index (χ4n) is 2.01. The zero-order valence-electron chi connectivity index (χ0n) is 10.1. The summed E-state index contributed by atoms with van der Waals surface area (Å²) in [6, 6.07) is 4.33. The lowest BCUT2D eigenvalue weighted by molar-refractivity contribution is 0.0782. The van der Waals surface area contributed by atoms with Crippen molar-refractivity contribution in [1.82, 2.24) is 4.90 Å². The topological polar surface area (TPSA) is 55.6 Å². The number of halogens is 2. The Hall–Kier alpha value is -1.33. The van der Waals surface area contributed by atoms with Crippen LogP contribution in [0.5, 0.6) is 5.75 Å². The predicted octanol–water partition coefficient (Wildman–Crippen LogP) is 1.43. The Morgan fingerprint density at radius 3 is 2.83 bits per heavy atom. The van der Waals surface area contributed by atoms with Crippen LogP contribution in [0.1, 0.15) is 16.8 Å². The monoisotopic (exact) mass is 274 g/mol. The van der Waals surface area contributed by atoms with Gasteiger partial charge in [0.1, 0.15) is 17.1 Å². The summed E-state index contributed by atoms with van der Waals surface area (Å²) in [4.78, 5) is 13.7. The molecule has 1 aliphatic rings. The second-order valence-corrected chi connectivity index (χ2v) is 4.12. The van der Waals surface area contributed by atoms with Crippen molar-refractivity contribution in [3.63, 3.8) is 0 Å². The average Bonchev–Trinajstić information content (AvgIpc) is 2.74. The van der Waals surface area contributed by atoms with Crippen LogP contribution in [0.15, 0.2) is 18.2 Å². The van der Waals surface area contributed by atoms with Crippen molar-refractivity contribution in [3.05, 3.63) is 29.6 Å². The van der Waals surface area contributed by atoms with Gasteiger partial charge in [0.15, 0.2) is 0 Å². The molecule has 6 heteroatoms. The Balaban J connectivity index is 0.00000162. The Morgan fingerprint density at radius 1 is 1.56 bits per heavy atom. The molecule has 0 radical (unpaired) electrons. The minimum Gasteiger partial charge on any atom is -0.496 e. The normalized spacial score (nSPS) is 18.4. The number of amides is 1. The minimum absolute atomic E-state index is 0. The van der Waals surface area contributed by atoms with Crippen LogP contribution in [-0.4, -0.2) is 37.0 Å². The first kappa shape index (κ1) is 14.7. The fraction of sp³-hybridized carbons (Fsp3) is 0.417. The third-order valence-electron chi connectivity index (χ3n) is 2.92. The number of rotatable bonds is 2. The number of carbonyl (C=O) groups excluding carboxylic acids is 1. The molecule has 18 heavy (non-hydrogen) atoms. The Bertz CT molecular complexity index is 442. The quantitative estimate of drug-likeness (QED) is 0.888. The molecule has 0 saturated carbocycles. The van der Waals surface area contributed by atoms with Crippen LogP contribution in [0.3, 0.4) is 0 Å². The molecule has 100 valence electrons. The second-order valence-electron chi connectivity index (χ2n) is 4.12. The van der Waals surface area contributed by atoms with Crippen molar-refractivity contribution >= 4 is 18.3 Å². The SMILES string of the molecule is COc1cccc(F)c1C(=O)N1CC[C@H](N)C1.Cl. The summed E-state index contributed by atoms with van der Waals surface area (Å²) in [6.45, 7) is 1.04. The van der Waals surface area contributed by atoms with Crippen LogP contribution in [0.2, 0.25) is 0 Å². The van der Waals surface area contributed by atoms with Gasteiger partial charge in [-0.2, -0.15) is 0 Å². The molecule has 1 saturated heterocycles. The summed E-state index contributed by atoms with van der Waals surface area (Å²) >= 11 is 0. The van der Waals surface area contributed by atoms with Crippen molar-refractivity contribution in [2.24, 2.45) is 5.73 Å². The first-order valence-corrected chi connectivity index (χ1v) is 5.51. The Labute approximate surface area is 111 Å². The lowest BCUT2D eigenvalue weighted by Gasteiger charge is -2.17. The number of hydrogen-bond donors (Lipinski definition) is 1. The molecule has 0 aromatic heterocycles. The molecular weight excluding hydrogens is 259 g/mol. The number of nitrogens with two attached hydrogens (primary N) is 1. The first-order chi connectivity index (χ1) is 8.13. The van der Waals surface area contributed by atoms with E-state index >= 15 is 0 Å². The minimum atomic E-state index is -0.560. The maximum Gasteiger partial charge on any atom is 0.260 e. The molecule has 1 heterocycles. The van der Waals surface area contributed by atoms with Crippen molar-refractivity contribution < 1.29 is 13.9 Å². The largest absolute Gasteiger partial charge is 0.496 e. The van der Waals surface area contributed by atoms with Gasteiger partial charge in [-0.25, -0.2) is 4.39 Å². The first-order valence-electron chi connectivity index (χ1n) is 5.51. The lowest BCUT2D eigenvalue weighted by atomic mass is 10.1. The van der Waals surface area contributed by atoms with E-state index in [9.17, 15) is 9.18 Å². The molecule has 0 unspecified atom stereocenters. The molecular formula is C12H16ClFN2O2. The highest BCUT2D eigenvalue weighted by Crippen LogP contribution is 2.24. The van der Waals surface area contributed by atoms with Gasteiger partial charge in [0.05, 0.1) is 7.11 Å². The average molecular weight is 275 g/mol. The van der Waals surface area contributed by atoms with Crippen LogP contribution in [0.4, 0.5) is 4.39 Å². The molecule has 1 aromatic rings. The predicted molar refractivity (Wildman–Crippen MR) is 68.7 cm³/mol. The van der Waals surface area contributed by atoms with E-state index in [4.69, 9.17) is 10.5 Å². The zero-order valence-corrected chi connectivity index (χ0v) is 10.9. The van der Waals surface area contributed by atoms with Gasteiger partial charge in [0.2, 0.25) is 0 Å². The summed E-state index contributed by atoms with van der Waals surface area (Å²) in [7, 11) is 1.42. The third-order valence-corrected chi connectivity index (χ3v) is 2.92. The molecule has 0 spiro atoms. The Morgan fingerprint density at radius 2 is 2.28 bits per heavy atom. The molecule has 1 aromatic carbocycles. The zero-order chi connectivity index (χ0) is 12.4. The molecule has 1 aliphatic heterocycles. The van der Waals surface area contributed by atoms with Gasteiger partial charge in [-0.15, -0.1) is 12.4 Å². The smallest absolute Gasteiger partial charge is 0.260 e. The number of nitrogens with zero attached hydrogens (tertiary/aromatic N) is 1. The van der Waals surface area contributed by atoms with Crippen molar-refractivity contribution in [2.45, 2.75) is 12.5 Å². The number of likely N-dealkylation sites (tertiary alicyclic amines) is 1. The number of ether oxygens (including phenoxy) is 1. The third kappa shape index (κ3) is 2.73. The van der Waals surface area contributed by atoms with Crippen molar-refractivity contribution in [2.75, 3.05) is 20.2 Å². The highest BCUT2D eigenvalue weighted by atomic mass is 35.5. The number of carbonyl (C=O) groups is 1. The van der Waals surface area contributed by atoms with Crippen LogP contribution in [0.25, 0.3) is 0 Å². The van der Waals surface area contributed by atoms with E-state index < -0.39 is 5.82 Å². The maximum atomic E-state index is 13.7. The van der Waals surface area contributed by atoms with Crippen LogP contribution < -0.4 is 10.5 Å². The lowest BCUT2D eigenvalue weighted by Crippen LogP contribution is -2.32. The van der Waals surface area contributed by atoms with E-state index in [1.807, 2.05) is 0 Å². The molecule has 2 N–H and O–H groups in total. The fourth-order valence-corrected chi connectivity index (χ4v) is 2.01. The number of hydrogen-bond acceptors (Lipinski definition) is 3. The summed E-state index contributed by atoms with van der Waals surface area (Å²) < 4.78 is 18.7. The van der Waals surface area contributed by atoms with E-state index in [0.717, 1.165) is 6.42 Å². The van der Waals surface area contributed by atoms with Gasteiger partial charge >= 0.3 is 0 Å². The van der Waals surface area contributed by atoms with E-state index in [-0.39, 0.29) is 35.7 Å². The van der Waals surface area contributed by atoms with Crippen LogP contribution in [0, 0.1) is 5.82 Å². The van der Waals surface area contributed by atoms with Gasteiger partial charge in [-0.1, -0.05) is 6.07 Å². The van der Waals surface area contributed by atoms with Gasteiger partial charge in [-0.05, 0) is 18.6 Å². The summed E-state index contributed by atoms with van der Waals surface area (Å²) in [6.07, 6.45) is 0.752. The summed E-state index contributed by atoms with van der Waals surface area (Å²) in [5.41, 5.74) is 5.72. The molecule has 1 atom stereocenters. The van der Waals surface area contributed by atoms with E-state index in [2.05, 4.69) is 0 Å². The number of benzene rings is 1. The van der Waals surface area contributed by atoms with Gasteiger partial charge < -0.3 is 15.4 Å². The summed E-state index contributed by atoms with van der Waals surface area (Å²) in [5, 5.41) is 0. The molecule has 2 rings (SSSR count). The van der Waals surface area contributed by atoms with E-state index in [1.54, 1.807) is 11.0 Å². The van der Waals surface area contributed by atoms with E-state index in [0.29, 0.717) is 13.1 Å². The highest BCUT2D eigenvalue weighted by molar-refractivity contribution is 5.97. The van der Waals surface area contributed by atoms with Crippen LogP contribution in [-0.2, 0) is 0 Å². The molecule has 0 bridgehead atoms. The van der Waals surface area contributed by atoms with E-state index in [1.165, 1.54) is 19.2 Å². The van der Waals surface area contributed by atoms with Gasteiger partial charge in [0.25, 0.3) is 5.91 Å². The standard InChI is InChI=1S/C12H15FN2O2.ClH/c1-17-10-4-2-3-9(13)11(10)12(16)15-6-5-8(14)7-15;/h2-4,8H,5-7,14H2,1H3;1H/t8-;/m0./s1. The highest BCUT2D eigenvalue weighted by Gasteiger charge is 2.28. The second kappa shape index (κ2) is 6.02.